The third-order valence-electron chi connectivity index (χ3n) is 3.23. The molecule has 1 fully saturated rings. The molecule has 0 aromatic carbocycles. The van der Waals surface area contributed by atoms with Gasteiger partial charge in [0.05, 0.1) is 6.10 Å². The zero-order valence-electron chi connectivity index (χ0n) is 10.5. The van der Waals surface area contributed by atoms with Gasteiger partial charge in [0.2, 0.25) is 0 Å². The molecule has 0 aliphatic carbocycles. The van der Waals surface area contributed by atoms with Crippen LogP contribution >= 0.6 is 0 Å². The van der Waals surface area contributed by atoms with Crippen molar-refractivity contribution < 1.29 is 4.74 Å². The Morgan fingerprint density at radius 3 is 2.60 bits per heavy atom. The third-order valence-corrected chi connectivity index (χ3v) is 3.23. The molecule has 1 rings (SSSR count). The van der Waals surface area contributed by atoms with E-state index >= 15 is 0 Å². The molecule has 1 unspecified atom stereocenters. The Hall–Kier alpha value is -0.120. The summed E-state index contributed by atoms with van der Waals surface area (Å²) in [5.74, 6) is 0. The zero-order chi connectivity index (χ0) is 11.1. The highest BCUT2D eigenvalue weighted by molar-refractivity contribution is 4.78. The monoisotopic (exact) mass is 214 g/mol. The molecule has 0 bridgehead atoms. The van der Waals surface area contributed by atoms with Crippen molar-refractivity contribution in [3.8, 4) is 0 Å². The minimum Gasteiger partial charge on any atom is -0.380 e. The summed E-state index contributed by atoms with van der Waals surface area (Å²) in [5.41, 5.74) is 0. The van der Waals surface area contributed by atoms with Crippen LogP contribution in [0.1, 0.15) is 33.1 Å². The maximum atomic E-state index is 5.36. The van der Waals surface area contributed by atoms with Crippen LogP contribution in [0.5, 0.6) is 0 Å². The van der Waals surface area contributed by atoms with Crippen molar-refractivity contribution in [2.75, 3.05) is 33.3 Å². The van der Waals surface area contributed by atoms with Crippen molar-refractivity contribution in [2.45, 2.75) is 45.3 Å². The quantitative estimate of drug-likeness (QED) is 0.725. The van der Waals surface area contributed by atoms with Gasteiger partial charge in [0, 0.05) is 19.7 Å². The van der Waals surface area contributed by atoms with Gasteiger partial charge in [-0.3, -0.25) is 4.90 Å². The first-order chi connectivity index (χ1) is 7.27. The van der Waals surface area contributed by atoms with E-state index in [0.717, 1.165) is 12.6 Å². The van der Waals surface area contributed by atoms with Crippen LogP contribution in [0.2, 0.25) is 0 Å². The highest BCUT2D eigenvalue weighted by Crippen LogP contribution is 2.13. The van der Waals surface area contributed by atoms with Gasteiger partial charge in [0.25, 0.3) is 0 Å². The lowest BCUT2D eigenvalue weighted by Crippen LogP contribution is -2.46. The number of hydrogen-bond donors (Lipinski definition) is 1. The van der Waals surface area contributed by atoms with Crippen molar-refractivity contribution in [2.24, 2.45) is 0 Å². The van der Waals surface area contributed by atoms with Gasteiger partial charge in [0.15, 0.2) is 0 Å². The molecule has 3 heteroatoms. The minimum absolute atomic E-state index is 0.353. The summed E-state index contributed by atoms with van der Waals surface area (Å²) in [6.45, 7) is 9.04. The summed E-state index contributed by atoms with van der Waals surface area (Å²) in [7, 11) is 1.80. The Labute approximate surface area is 94.2 Å². The van der Waals surface area contributed by atoms with Crippen LogP contribution in [0.15, 0.2) is 0 Å². The summed E-state index contributed by atoms with van der Waals surface area (Å²) < 4.78 is 5.36. The number of methoxy groups -OCH3 is 1. The third kappa shape index (κ3) is 4.49. The predicted molar refractivity (Wildman–Crippen MR) is 64.2 cm³/mol. The van der Waals surface area contributed by atoms with E-state index in [0.29, 0.717) is 6.10 Å². The van der Waals surface area contributed by atoms with Gasteiger partial charge in [-0.25, -0.2) is 0 Å². The van der Waals surface area contributed by atoms with Crippen LogP contribution in [0, 0.1) is 0 Å². The molecule has 1 aliphatic heterocycles. The number of ether oxygens (including phenoxy) is 1. The molecule has 3 nitrogen and oxygen atoms in total. The molecule has 0 radical (unpaired) electrons. The molecular formula is C12H26N2O. The molecule has 1 N–H and O–H groups in total. The van der Waals surface area contributed by atoms with E-state index in [9.17, 15) is 0 Å². The molecule has 0 aromatic rings. The second kappa shape index (κ2) is 7.20. The first-order valence-electron chi connectivity index (χ1n) is 6.25. The van der Waals surface area contributed by atoms with Crippen LogP contribution in [0.25, 0.3) is 0 Å². The van der Waals surface area contributed by atoms with Gasteiger partial charge >= 0.3 is 0 Å². The van der Waals surface area contributed by atoms with Crippen LogP contribution < -0.4 is 5.32 Å². The van der Waals surface area contributed by atoms with Crippen LogP contribution in [0.4, 0.5) is 0 Å². The molecular weight excluding hydrogens is 188 g/mol. The number of rotatable bonds is 6. The predicted octanol–water partition coefficient (Wildman–Crippen LogP) is 1.49. The highest BCUT2D eigenvalue weighted by Gasteiger charge is 2.21. The Morgan fingerprint density at radius 2 is 2.07 bits per heavy atom. The first kappa shape index (κ1) is 12.9. The maximum absolute atomic E-state index is 5.36. The fraction of sp³-hybridized carbons (Fsp3) is 1.00. The van der Waals surface area contributed by atoms with Crippen molar-refractivity contribution >= 4 is 0 Å². The fourth-order valence-electron chi connectivity index (χ4n) is 2.29. The number of nitrogens with one attached hydrogen (secondary N) is 1. The average Bonchev–Trinajstić information content (AvgIpc) is 2.29. The zero-order valence-corrected chi connectivity index (χ0v) is 10.5. The second-order valence-electron chi connectivity index (χ2n) is 4.52. The smallest absolute Gasteiger partial charge is 0.0670 e. The van der Waals surface area contributed by atoms with Gasteiger partial charge in [-0.05, 0) is 45.8 Å². The first-order valence-corrected chi connectivity index (χ1v) is 6.25. The van der Waals surface area contributed by atoms with Crippen LogP contribution in [-0.4, -0.2) is 50.3 Å². The molecule has 90 valence electrons. The van der Waals surface area contributed by atoms with E-state index in [1.807, 2.05) is 0 Å². The summed E-state index contributed by atoms with van der Waals surface area (Å²) in [6.07, 6.45) is 4.17. The maximum Gasteiger partial charge on any atom is 0.0670 e. The van der Waals surface area contributed by atoms with E-state index in [1.165, 1.54) is 38.9 Å². The Kier molecular flexibility index (Phi) is 6.22. The minimum atomic E-state index is 0.353. The van der Waals surface area contributed by atoms with Crippen molar-refractivity contribution in [1.29, 1.82) is 0 Å². The molecule has 0 amide bonds. The van der Waals surface area contributed by atoms with Gasteiger partial charge in [-0.15, -0.1) is 0 Å². The fourth-order valence-corrected chi connectivity index (χ4v) is 2.29. The molecule has 0 spiro atoms. The summed E-state index contributed by atoms with van der Waals surface area (Å²) in [6, 6.07) is 0.767. The van der Waals surface area contributed by atoms with Gasteiger partial charge in [-0.1, -0.05) is 6.92 Å². The molecule has 0 aromatic heterocycles. The van der Waals surface area contributed by atoms with Crippen molar-refractivity contribution in [3.05, 3.63) is 0 Å². The molecule has 1 atom stereocenters. The lowest BCUT2D eigenvalue weighted by molar-refractivity contribution is 0.0523. The standard InChI is InChI=1S/C12H26N2O/c1-4-9-14(10-11(2)15-3)12-5-7-13-8-6-12/h11-13H,4-10H2,1-3H3. The van der Waals surface area contributed by atoms with Crippen molar-refractivity contribution in [1.82, 2.24) is 10.2 Å². The van der Waals surface area contributed by atoms with Gasteiger partial charge in [0.1, 0.15) is 0 Å². The van der Waals surface area contributed by atoms with Crippen LogP contribution in [-0.2, 0) is 4.74 Å². The summed E-state index contributed by atoms with van der Waals surface area (Å²) >= 11 is 0. The number of piperidine rings is 1. The molecule has 1 saturated heterocycles. The number of nitrogens with zero attached hydrogens (tertiary/aromatic N) is 1. The Bertz CT molecular complexity index is 158. The molecule has 1 heterocycles. The van der Waals surface area contributed by atoms with Gasteiger partial charge in [-0.2, -0.15) is 0 Å². The summed E-state index contributed by atoms with van der Waals surface area (Å²) in [4.78, 5) is 2.61. The highest BCUT2D eigenvalue weighted by atomic mass is 16.5. The van der Waals surface area contributed by atoms with Gasteiger partial charge < -0.3 is 10.1 Å². The Morgan fingerprint density at radius 1 is 1.40 bits per heavy atom. The topological polar surface area (TPSA) is 24.5 Å². The SMILES string of the molecule is CCCN(CC(C)OC)C1CCNCC1. The van der Waals surface area contributed by atoms with E-state index < -0.39 is 0 Å². The largest absolute Gasteiger partial charge is 0.380 e. The van der Waals surface area contributed by atoms with E-state index in [4.69, 9.17) is 4.74 Å². The molecule has 1 aliphatic rings. The van der Waals surface area contributed by atoms with Crippen molar-refractivity contribution in [3.63, 3.8) is 0 Å². The molecule has 15 heavy (non-hydrogen) atoms. The lowest BCUT2D eigenvalue weighted by atomic mass is 10.0. The number of hydrogen-bond acceptors (Lipinski definition) is 3. The lowest BCUT2D eigenvalue weighted by Gasteiger charge is -2.35. The van der Waals surface area contributed by atoms with E-state index in [2.05, 4.69) is 24.1 Å². The van der Waals surface area contributed by atoms with E-state index in [-0.39, 0.29) is 0 Å². The summed E-state index contributed by atoms with van der Waals surface area (Å²) in [5, 5.41) is 3.42. The average molecular weight is 214 g/mol. The molecule has 0 saturated carbocycles. The van der Waals surface area contributed by atoms with E-state index in [1.54, 1.807) is 7.11 Å². The normalized spacial score (nSPS) is 20.8. The van der Waals surface area contributed by atoms with Crippen LogP contribution in [0.3, 0.4) is 0 Å². The second-order valence-corrected chi connectivity index (χ2v) is 4.52. The Balaban J connectivity index is 2.39.